The average Bonchev–Trinajstić information content (AvgIpc) is 3.38. The molecule has 15 heteroatoms. The summed E-state index contributed by atoms with van der Waals surface area (Å²) in [6.45, 7) is 0. The maximum Gasteiger partial charge on any atom is 0.326 e. The summed E-state index contributed by atoms with van der Waals surface area (Å²) in [5, 5.41) is 16.9. The number of aromatic nitrogens is 2. The van der Waals surface area contributed by atoms with E-state index in [4.69, 9.17) is 17.2 Å². The van der Waals surface area contributed by atoms with Crippen LogP contribution in [0.15, 0.2) is 42.9 Å². The van der Waals surface area contributed by atoms with Gasteiger partial charge in [-0.15, -0.1) is 0 Å². The highest BCUT2D eigenvalue weighted by Gasteiger charge is 2.31. The van der Waals surface area contributed by atoms with Gasteiger partial charge in [0.1, 0.15) is 18.1 Å². The van der Waals surface area contributed by atoms with E-state index in [1.165, 1.54) is 12.5 Å². The molecule has 1 aromatic carbocycles. The molecule has 2 aromatic rings. The second kappa shape index (κ2) is 14.8. The summed E-state index contributed by atoms with van der Waals surface area (Å²) in [5.74, 6) is -5.42. The quantitative estimate of drug-likeness (QED) is 0.108. The molecule has 210 valence electrons. The number of rotatable bonds is 16. The fourth-order valence-corrected chi connectivity index (χ4v) is 3.56. The first-order chi connectivity index (χ1) is 18.5. The number of carboxylic acids is 1. The van der Waals surface area contributed by atoms with E-state index in [-0.39, 0.29) is 25.7 Å². The number of nitrogens with zero attached hydrogens (tertiary/aromatic N) is 1. The normalized spacial score (nSPS) is 13.8. The minimum Gasteiger partial charge on any atom is -0.480 e. The van der Waals surface area contributed by atoms with Gasteiger partial charge >= 0.3 is 5.97 Å². The van der Waals surface area contributed by atoms with Crippen LogP contribution in [0.4, 0.5) is 0 Å². The van der Waals surface area contributed by atoms with Crippen molar-refractivity contribution in [1.82, 2.24) is 25.9 Å². The van der Waals surface area contributed by atoms with Gasteiger partial charge in [-0.1, -0.05) is 30.3 Å². The molecule has 0 saturated carbocycles. The van der Waals surface area contributed by atoms with Gasteiger partial charge in [-0.05, 0) is 12.0 Å². The van der Waals surface area contributed by atoms with Crippen LogP contribution in [0.5, 0.6) is 0 Å². The summed E-state index contributed by atoms with van der Waals surface area (Å²) in [6, 6.07) is 3.31. The summed E-state index contributed by atoms with van der Waals surface area (Å²) < 4.78 is 0. The molecule has 15 nitrogen and oxygen atoms in total. The number of aliphatic carboxylic acids is 1. The van der Waals surface area contributed by atoms with Crippen molar-refractivity contribution in [2.75, 3.05) is 0 Å². The largest absolute Gasteiger partial charge is 0.480 e. The van der Waals surface area contributed by atoms with E-state index in [9.17, 15) is 33.9 Å². The zero-order chi connectivity index (χ0) is 28.9. The van der Waals surface area contributed by atoms with Crippen molar-refractivity contribution in [1.29, 1.82) is 0 Å². The number of carbonyl (C=O) groups excluding carboxylic acids is 5. The minimum atomic E-state index is -1.35. The molecule has 5 amide bonds. The average molecular weight is 545 g/mol. The van der Waals surface area contributed by atoms with E-state index in [1.54, 1.807) is 30.3 Å². The number of H-pyrrole nitrogens is 1. The molecule has 0 fully saturated rings. The van der Waals surface area contributed by atoms with Crippen molar-refractivity contribution >= 4 is 35.5 Å². The summed E-state index contributed by atoms with van der Waals surface area (Å²) in [4.78, 5) is 79.7. The zero-order valence-electron chi connectivity index (χ0n) is 21.0. The monoisotopic (exact) mass is 544 g/mol. The Kier molecular flexibility index (Phi) is 11.6. The Morgan fingerprint density at radius 3 is 2.03 bits per heavy atom. The summed E-state index contributed by atoms with van der Waals surface area (Å²) in [7, 11) is 0. The number of hydrogen-bond acceptors (Lipinski definition) is 8. The first kappa shape index (κ1) is 30.4. The molecule has 0 aliphatic carbocycles. The molecule has 0 spiro atoms. The molecule has 4 atom stereocenters. The van der Waals surface area contributed by atoms with E-state index < -0.39 is 66.1 Å². The van der Waals surface area contributed by atoms with Gasteiger partial charge in [0.2, 0.25) is 29.5 Å². The number of nitrogens with two attached hydrogens (primary N) is 3. The molecular formula is C24H32N8O7. The third-order valence-corrected chi connectivity index (χ3v) is 5.58. The van der Waals surface area contributed by atoms with E-state index in [0.717, 1.165) is 0 Å². The van der Waals surface area contributed by atoms with Crippen LogP contribution in [0.25, 0.3) is 0 Å². The summed E-state index contributed by atoms with van der Waals surface area (Å²) >= 11 is 0. The first-order valence-corrected chi connectivity index (χ1v) is 11.9. The Labute approximate surface area is 223 Å². The van der Waals surface area contributed by atoms with Gasteiger partial charge in [0.25, 0.3) is 0 Å². The summed E-state index contributed by atoms with van der Waals surface area (Å²) in [5.41, 5.74) is 17.0. The predicted molar refractivity (Wildman–Crippen MR) is 136 cm³/mol. The molecule has 0 radical (unpaired) electrons. The minimum absolute atomic E-state index is 0.0213. The molecular weight excluding hydrogens is 512 g/mol. The van der Waals surface area contributed by atoms with E-state index in [1.807, 2.05) is 0 Å². The number of primary amides is 2. The van der Waals surface area contributed by atoms with Gasteiger partial charge < -0.3 is 43.2 Å². The molecule has 0 aliphatic rings. The zero-order valence-corrected chi connectivity index (χ0v) is 21.0. The number of amides is 5. The van der Waals surface area contributed by atoms with Gasteiger partial charge in [0.15, 0.2) is 0 Å². The van der Waals surface area contributed by atoms with Gasteiger partial charge in [-0.3, -0.25) is 24.0 Å². The second-order valence-corrected chi connectivity index (χ2v) is 8.77. The van der Waals surface area contributed by atoms with Crippen LogP contribution in [0.3, 0.4) is 0 Å². The van der Waals surface area contributed by atoms with Crippen molar-refractivity contribution < 1.29 is 33.9 Å². The van der Waals surface area contributed by atoms with E-state index >= 15 is 0 Å². The summed E-state index contributed by atoms with van der Waals surface area (Å²) in [6.07, 6.45) is 1.67. The van der Waals surface area contributed by atoms with Crippen LogP contribution in [0.1, 0.15) is 30.5 Å². The topological polar surface area (TPSA) is 265 Å². The highest BCUT2D eigenvalue weighted by Crippen LogP contribution is 2.07. The second-order valence-electron chi connectivity index (χ2n) is 8.77. The van der Waals surface area contributed by atoms with Gasteiger partial charge in [0.05, 0.1) is 18.8 Å². The van der Waals surface area contributed by atoms with Crippen molar-refractivity contribution in [2.45, 2.75) is 56.3 Å². The smallest absolute Gasteiger partial charge is 0.326 e. The van der Waals surface area contributed by atoms with Crippen LogP contribution < -0.4 is 33.2 Å². The fraction of sp³-hybridized carbons (Fsp3) is 0.375. The lowest BCUT2D eigenvalue weighted by Crippen LogP contribution is -2.58. The Morgan fingerprint density at radius 2 is 1.46 bits per heavy atom. The number of nitrogens with one attached hydrogen (secondary N) is 4. The highest BCUT2D eigenvalue weighted by molar-refractivity contribution is 5.95. The SMILES string of the molecule is NC(=O)CCC(NC(=O)C(N)CC(N)=O)C(=O)NC(Cc1ccccc1)C(=O)NC(Cc1cnc[nH]1)C(=O)O. The van der Waals surface area contributed by atoms with Crippen molar-refractivity contribution in [3.8, 4) is 0 Å². The van der Waals surface area contributed by atoms with Crippen LogP contribution in [-0.2, 0) is 41.6 Å². The molecule has 39 heavy (non-hydrogen) atoms. The molecule has 1 aromatic heterocycles. The maximum absolute atomic E-state index is 13.2. The molecule has 0 saturated heterocycles. The number of carbonyl (C=O) groups is 6. The lowest BCUT2D eigenvalue weighted by Gasteiger charge is -2.25. The number of hydrogen-bond donors (Lipinski definition) is 8. The highest BCUT2D eigenvalue weighted by atomic mass is 16.4. The lowest BCUT2D eigenvalue weighted by molar-refractivity contribution is -0.142. The molecule has 0 aliphatic heterocycles. The van der Waals surface area contributed by atoms with Crippen molar-refractivity contribution in [3.63, 3.8) is 0 Å². The molecule has 0 bridgehead atoms. The Balaban J connectivity index is 2.24. The van der Waals surface area contributed by atoms with Crippen LogP contribution >= 0.6 is 0 Å². The van der Waals surface area contributed by atoms with Gasteiger partial charge in [-0.25, -0.2) is 9.78 Å². The number of benzene rings is 1. The van der Waals surface area contributed by atoms with Crippen molar-refractivity contribution in [3.05, 3.63) is 54.1 Å². The van der Waals surface area contributed by atoms with Crippen LogP contribution in [-0.4, -0.2) is 74.7 Å². The molecule has 11 N–H and O–H groups in total. The maximum atomic E-state index is 13.2. The standard InChI is InChI=1S/C24H32N8O7/c25-15(10-20(27)34)21(35)30-16(6-7-19(26)33)22(36)31-17(8-13-4-2-1-3-5-13)23(37)32-18(24(38)39)9-14-11-28-12-29-14/h1-5,11-12,15-18H,6-10,25H2,(H2,26,33)(H2,27,34)(H,28,29)(H,30,35)(H,31,36)(H,32,37)(H,38,39). The van der Waals surface area contributed by atoms with Crippen LogP contribution in [0, 0.1) is 0 Å². The third-order valence-electron chi connectivity index (χ3n) is 5.58. The van der Waals surface area contributed by atoms with Gasteiger partial charge in [-0.2, -0.15) is 0 Å². The van der Waals surface area contributed by atoms with Crippen molar-refractivity contribution in [2.24, 2.45) is 17.2 Å². The Hall–Kier alpha value is -4.79. The molecule has 4 unspecified atom stereocenters. The molecule has 1 heterocycles. The van der Waals surface area contributed by atoms with Gasteiger partial charge in [0, 0.05) is 31.2 Å². The fourth-order valence-electron chi connectivity index (χ4n) is 3.56. The number of imidazole rings is 1. The Morgan fingerprint density at radius 1 is 0.846 bits per heavy atom. The van der Waals surface area contributed by atoms with E-state index in [2.05, 4.69) is 25.9 Å². The molecule has 2 rings (SSSR count). The first-order valence-electron chi connectivity index (χ1n) is 11.9. The Bertz CT molecular complexity index is 1160. The number of aromatic amines is 1. The predicted octanol–water partition coefficient (Wildman–Crippen LogP) is -2.80. The number of carboxylic acid groups (broad SMARTS) is 1. The lowest BCUT2D eigenvalue weighted by atomic mass is 10.0. The van der Waals surface area contributed by atoms with E-state index in [0.29, 0.717) is 11.3 Å². The third kappa shape index (κ3) is 10.6. The van der Waals surface area contributed by atoms with Crippen LogP contribution in [0.2, 0.25) is 0 Å².